The van der Waals surface area contributed by atoms with E-state index in [0.29, 0.717) is 16.7 Å². The Morgan fingerprint density at radius 1 is 1.43 bits per heavy atom. The topological polar surface area (TPSA) is 101 Å². The maximum absolute atomic E-state index is 12.7. The van der Waals surface area contributed by atoms with E-state index in [2.05, 4.69) is 10.3 Å². The molecule has 3 rings (SSSR count). The van der Waals surface area contributed by atoms with E-state index in [9.17, 15) is 14.4 Å². The smallest absolute Gasteiger partial charge is 0.417 e. The molecule has 1 atom stereocenters. The fraction of sp³-hybridized carbons (Fsp3) is 0.438. The second kappa shape index (κ2) is 6.37. The third kappa shape index (κ3) is 3.68. The van der Waals surface area contributed by atoms with E-state index in [-0.39, 0.29) is 24.9 Å². The molecular formula is C16H18N2O5. The van der Waals surface area contributed by atoms with Crippen molar-refractivity contribution in [2.75, 3.05) is 6.61 Å². The summed E-state index contributed by atoms with van der Waals surface area (Å²) in [6.45, 7) is 2.01. The Kier molecular flexibility index (Phi) is 4.29. The van der Waals surface area contributed by atoms with Crippen LogP contribution in [0.15, 0.2) is 27.4 Å². The molecule has 0 bridgehead atoms. The van der Waals surface area contributed by atoms with Crippen molar-refractivity contribution in [3.63, 3.8) is 0 Å². The summed E-state index contributed by atoms with van der Waals surface area (Å²) in [7, 11) is 0. The van der Waals surface area contributed by atoms with Crippen LogP contribution in [0.25, 0.3) is 11.1 Å². The van der Waals surface area contributed by atoms with Gasteiger partial charge in [0.05, 0.1) is 24.6 Å². The van der Waals surface area contributed by atoms with Crippen LogP contribution in [-0.4, -0.2) is 35.4 Å². The van der Waals surface area contributed by atoms with Crippen molar-refractivity contribution in [1.82, 2.24) is 10.3 Å². The van der Waals surface area contributed by atoms with E-state index >= 15 is 0 Å². The number of H-pyrrole nitrogens is 1. The minimum absolute atomic E-state index is 0.0156. The molecule has 1 saturated carbocycles. The maximum atomic E-state index is 12.7. The summed E-state index contributed by atoms with van der Waals surface area (Å²) in [5.41, 5.74) is 1.24. The lowest BCUT2D eigenvalue weighted by Gasteiger charge is -2.16. The highest BCUT2D eigenvalue weighted by Gasteiger charge is 2.31. The van der Waals surface area contributed by atoms with Crippen molar-refractivity contribution in [2.24, 2.45) is 0 Å². The molecule has 1 fully saturated rings. The molecule has 1 unspecified atom stereocenters. The van der Waals surface area contributed by atoms with Crippen LogP contribution in [0.5, 0.6) is 0 Å². The molecule has 0 saturated heterocycles. The summed E-state index contributed by atoms with van der Waals surface area (Å²) in [4.78, 5) is 38.1. The number of rotatable bonds is 7. The lowest BCUT2D eigenvalue weighted by Crippen LogP contribution is -2.40. The molecule has 0 amide bonds. The van der Waals surface area contributed by atoms with Crippen molar-refractivity contribution in [2.45, 2.75) is 38.3 Å². The Morgan fingerprint density at radius 2 is 2.22 bits per heavy atom. The van der Waals surface area contributed by atoms with Crippen molar-refractivity contribution >= 4 is 22.9 Å². The molecule has 1 aliphatic rings. The van der Waals surface area contributed by atoms with Crippen LogP contribution in [0.2, 0.25) is 0 Å². The first-order chi connectivity index (χ1) is 11.1. The van der Waals surface area contributed by atoms with Crippen LogP contribution in [0, 0.1) is 0 Å². The quantitative estimate of drug-likeness (QED) is 0.591. The second-order valence-electron chi connectivity index (χ2n) is 5.59. The van der Waals surface area contributed by atoms with Crippen LogP contribution in [0.1, 0.15) is 36.5 Å². The number of aromatic nitrogens is 1. The van der Waals surface area contributed by atoms with Gasteiger partial charge in [-0.25, -0.2) is 4.79 Å². The Balaban J connectivity index is 1.82. The third-order valence-corrected chi connectivity index (χ3v) is 3.71. The van der Waals surface area contributed by atoms with Gasteiger partial charge in [0.15, 0.2) is 11.4 Å². The minimum Gasteiger partial charge on any atom is -0.466 e. The zero-order valence-corrected chi connectivity index (χ0v) is 12.8. The average Bonchev–Trinajstić information content (AvgIpc) is 3.24. The predicted octanol–water partition coefficient (Wildman–Crippen LogP) is 1.38. The largest absolute Gasteiger partial charge is 0.466 e. The van der Waals surface area contributed by atoms with Crippen molar-refractivity contribution < 1.29 is 18.7 Å². The molecule has 7 heteroatoms. The van der Waals surface area contributed by atoms with Gasteiger partial charge in [-0.05, 0) is 38.0 Å². The molecule has 1 aromatic carbocycles. The SMILES string of the molecule is CCOC(=O)CC(NC1CC1)C(=O)c1ccc2[nH]c(=O)oc2c1. The standard InChI is InChI=1S/C16H18N2O5/c1-2-22-14(19)8-12(17-10-4-5-10)15(20)9-3-6-11-13(7-9)23-16(21)18-11/h3,6-7,10,12,17H,2,4-5,8H2,1H3,(H,18,21). The molecule has 0 radical (unpaired) electrons. The molecule has 1 heterocycles. The van der Waals surface area contributed by atoms with E-state index in [1.54, 1.807) is 19.1 Å². The van der Waals surface area contributed by atoms with Crippen molar-refractivity contribution in [1.29, 1.82) is 0 Å². The number of ketones is 1. The van der Waals surface area contributed by atoms with Gasteiger partial charge in [-0.3, -0.25) is 14.6 Å². The Morgan fingerprint density at radius 3 is 2.91 bits per heavy atom. The number of benzene rings is 1. The molecule has 0 spiro atoms. The minimum atomic E-state index is -0.635. The number of carbonyl (C=O) groups excluding carboxylic acids is 2. The first-order valence-electron chi connectivity index (χ1n) is 7.65. The van der Waals surface area contributed by atoms with E-state index in [4.69, 9.17) is 9.15 Å². The summed E-state index contributed by atoms with van der Waals surface area (Å²) in [6.07, 6.45) is 1.98. The molecule has 2 N–H and O–H groups in total. The number of hydrogen-bond acceptors (Lipinski definition) is 6. The van der Waals surface area contributed by atoms with Gasteiger partial charge in [-0.1, -0.05) is 0 Å². The van der Waals surface area contributed by atoms with Gasteiger partial charge in [-0.2, -0.15) is 0 Å². The number of esters is 1. The van der Waals surface area contributed by atoms with E-state index in [1.165, 1.54) is 6.07 Å². The van der Waals surface area contributed by atoms with Gasteiger partial charge in [0.1, 0.15) is 0 Å². The van der Waals surface area contributed by atoms with Gasteiger partial charge in [0.2, 0.25) is 0 Å². The van der Waals surface area contributed by atoms with E-state index in [1.807, 2.05) is 0 Å². The van der Waals surface area contributed by atoms with Gasteiger partial charge in [0, 0.05) is 11.6 Å². The zero-order chi connectivity index (χ0) is 16.4. The lowest BCUT2D eigenvalue weighted by atomic mass is 10.0. The first-order valence-corrected chi connectivity index (χ1v) is 7.65. The molecule has 23 heavy (non-hydrogen) atoms. The van der Waals surface area contributed by atoms with Gasteiger partial charge in [-0.15, -0.1) is 0 Å². The number of Topliss-reactive ketones (excluding diaryl/α,β-unsaturated/α-hetero) is 1. The number of ether oxygens (including phenoxy) is 1. The maximum Gasteiger partial charge on any atom is 0.417 e. The van der Waals surface area contributed by atoms with Crippen molar-refractivity contribution in [3.8, 4) is 0 Å². The Bertz CT molecular complexity index is 787. The predicted molar refractivity (Wildman–Crippen MR) is 82.4 cm³/mol. The summed E-state index contributed by atoms with van der Waals surface area (Å²) in [5, 5.41) is 3.18. The molecule has 1 aromatic heterocycles. The van der Waals surface area contributed by atoms with Crippen LogP contribution in [0.4, 0.5) is 0 Å². The first kappa shape index (κ1) is 15.5. The fourth-order valence-corrected chi connectivity index (χ4v) is 2.45. The normalized spacial score (nSPS) is 15.5. The third-order valence-electron chi connectivity index (χ3n) is 3.71. The zero-order valence-electron chi connectivity index (χ0n) is 12.8. The number of oxazole rings is 1. The number of hydrogen-bond donors (Lipinski definition) is 2. The summed E-state index contributed by atoms with van der Waals surface area (Å²) in [6, 6.07) is 4.38. The van der Waals surface area contributed by atoms with Gasteiger partial charge < -0.3 is 14.5 Å². The number of aromatic amines is 1. The highest BCUT2D eigenvalue weighted by atomic mass is 16.5. The van der Waals surface area contributed by atoms with Crippen LogP contribution in [0.3, 0.4) is 0 Å². The molecular weight excluding hydrogens is 300 g/mol. The van der Waals surface area contributed by atoms with E-state index in [0.717, 1.165) is 12.8 Å². The highest BCUT2D eigenvalue weighted by molar-refractivity contribution is 6.03. The summed E-state index contributed by atoms with van der Waals surface area (Å²) in [5.74, 6) is -1.19. The van der Waals surface area contributed by atoms with Crippen molar-refractivity contribution in [3.05, 3.63) is 34.3 Å². The van der Waals surface area contributed by atoms with Crippen LogP contribution >= 0.6 is 0 Å². The highest BCUT2D eigenvalue weighted by Crippen LogP contribution is 2.22. The molecule has 122 valence electrons. The monoisotopic (exact) mass is 318 g/mol. The summed E-state index contributed by atoms with van der Waals surface area (Å²) >= 11 is 0. The molecule has 0 aliphatic heterocycles. The second-order valence-corrected chi connectivity index (χ2v) is 5.59. The molecule has 1 aliphatic carbocycles. The Labute approximate surface area is 132 Å². The van der Waals surface area contributed by atoms with Gasteiger partial charge in [0.25, 0.3) is 0 Å². The van der Waals surface area contributed by atoms with Crippen LogP contribution < -0.4 is 11.1 Å². The molecule has 2 aromatic rings. The van der Waals surface area contributed by atoms with Gasteiger partial charge >= 0.3 is 11.7 Å². The van der Waals surface area contributed by atoms with Crippen LogP contribution in [-0.2, 0) is 9.53 Å². The lowest BCUT2D eigenvalue weighted by molar-refractivity contribution is -0.143. The fourth-order valence-electron chi connectivity index (χ4n) is 2.45. The summed E-state index contributed by atoms with van der Waals surface area (Å²) < 4.78 is 9.91. The molecule has 7 nitrogen and oxygen atoms in total. The number of carbonyl (C=O) groups is 2. The Hall–Kier alpha value is -2.41. The number of nitrogens with one attached hydrogen (secondary N) is 2. The average molecular weight is 318 g/mol. The number of fused-ring (bicyclic) bond motifs is 1. The van der Waals surface area contributed by atoms with E-state index < -0.39 is 17.8 Å².